The van der Waals surface area contributed by atoms with Gasteiger partial charge < -0.3 is 106 Å². The van der Waals surface area contributed by atoms with Crippen molar-refractivity contribution in [2.75, 3.05) is 13.2 Å². The van der Waals surface area contributed by atoms with Crippen LogP contribution in [0.15, 0.2) is 0 Å². The molecule has 1 aliphatic heterocycles. The lowest BCUT2D eigenvalue weighted by molar-refractivity contribution is -0.337. The van der Waals surface area contributed by atoms with E-state index in [1.807, 2.05) is 0 Å². The van der Waals surface area contributed by atoms with Gasteiger partial charge in [-0.2, -0.15) is 0 Å². The van der Waals surface area contributed by atoms with Gasteiger partial charge >= 0.3 is 15.6 Å². The highest BCUT2D eigenvalue weighted by Crippen LogP contribution is 2.49. The van der Waals surface area contributed by atoms with E-state index in [1.54, 1.807) is 0 Å². The second kappa shape index (κ2) is 44.7. The quantitative estimate of drug-likeness (QED) is 0.0307. The fraction of sp³-hybridized carbons (Fsp3) is 0.983. The Balaban J connectivity index is 1.64. The van der Waals surface area contributed by atoms with Gasteiger partial charge in [0.2, 0.25) is 0 Å². The molecule has 0 bridgehead atoms. The minimum atomic E-state index is -5.75. The predicted molar refractivity (Wildman–Crippen MR) is 327 cm³/mol. The number of rotatable bonds is 50. The number of amides is 1. The summed E-state index contributed by atoms with van der Waals surface area (Å²) in [7, 11) is -11.3. The van der Waals surface area contributed by atoms with Crippen molar-refractivity contribution in [3.63, 3.8) is 0 Å². The van der Waals surface area contributed by atoms with Gasteiger partial charge in [0, 0.05) is 0 Å². The Kier molecular flexibility index (Phi) is 41.3. The van der Waals surface area contributed by atoms with E-state index in [2.05, 4.69) is 19.2 Å². The third kappa shape index (κ3) is 29.4. The number of phosphoric ester groups is 2. The summed E-state index contributed by atoms with van der Waals surface area (Å²) in [5, 5.41) is 173. The van der Waals surface area contributed by atoms with E-state index in [0.29, 0.717) is 19.3 Å². The van der Waals surface area contributed by atoms with Gasteiger partial charge in [0.15, 0.2) is 12.4 Å². The fourth-order valence-electron chi connectivity index (χ4n) is 11.7. The van der Waals surface area contributed by atoms with Crippen LogP contribution in [-0.4, -0.2) is 245 Å². The predicted octanol–water partition coefficient (Wildman–Crippen LogP) is 2.30. The van der Waals surface area contributed by atoms with Crippen LogP contribution < -0.4 is 5.32 Å². The van der Waals surface area contributed by atoms with Crippen LogP contribution in [0.2, 0.25) is 0 Å². The van der Waals surface area contributed by atoms with E-state index in [9.17, 15) is 105 Å². The molecule has 19 N–H and O–H groups in total. The maximum absolute atomic E-state index is 13.8. The molecule has 0 radical (unpaired) electrons. The van der Waals surface area contributed by atoms with Gasteiger partial charge in [-0.1, -0.05) is 213 Å². The first kappa shape index (κ1) is 83.2. The summed E-state index contributed by atoms with van der Waals surface area (Å²) in [5.41, 5.74) is 0. The monoisotopic (exact) mass is 1350 g/mol. The third-order valence-electron chi connectivity index (χ3n) is 17.6. The molecule has 1 heterocycles. The molecule has 28 nitrogen and oxygen atoms in total. The van der Waals surface area contributed by atoms with Crippen molar-refractivity contribution in [1.29, 1.82) is 0 Å². The third-order valence-corrected chi connectivity index (χ3v) is 19.6. The molecule has 24 atom stereocenters. The molecule has 2 saturated carbocycles. The molecule has 0 spiro atoms. The molecule has 3 rings (SSSR count). The fourth-order valence-corrected chi connectivity index (χ4v) is 13.6. The van der Waals surface area contributed by atoms with Crippen LogP contribution in [0.4, 0.5) is 0 Å². The van der Waals surface area contributed by atoms with Crippen molar-refractivity contribution in [3.8, 4) is 0 Å². The van der Waals surface area contributed by atoms with Crippen molar-refractivity contribution in [2.45, 2.75) is 360 Å². The largest absolute Gasteiger partial charge is 0.472 e. The first-order chi connectivity index (χ1) is 42.7. The first-order valence-corrected chi connectivity index (χ1v) is 36.5. The smallest absolute Gasteiger partial charge is 0.390 e. The first-order valence-electron chi connectivity index (χ1n) is 33.5. The molecule has 0 aromatic heterocycles. The summed E-state index contributed by atoms with van der Waals surface area (Å²) >= 11 is 0. The number of aliphatic hydroxyl groups is 16. The lowest BCUT2D eigenvalue weighted by Gasteiger charge is -2.47. The maximum atomic E-state index is 13.8. The number of phosphoric acid groups is 2. The molecule has 90 heavy (non-hydrogen) atoms. The zero-order chi connectivity index (χ0) is 67.0. The normalized spacial score (nSPS) is 32.2. The van der Waals surface area contributed by atoms with Crippen LogP contribution >= 0.6 is 15.6 Å². The SMILES string of the molecule is CCCCCCCCCCCCCCCCCCCCCC(O)C(O)C(=O)N[C@@H](COP(=O)(O)O[C@@H]1[C@H](O)[C@H](O)[C@@H](O)[C@H](O)[C@H]1O[C@@H]1O[C@H](COP(=O)(O)OC2[C@H](O)[C@H](O)C(O)[C@H](O)[C@H]2O)[C@@H](O)[C@H](O)[C@@H]1O)[C@H](O)C(O)CCCCCCCCCCCCCC. The molecule has 0 aromatic rings. The zero-order valence-electron chi connectivity index (χ0n) is 53.1. The molecule has 2 aliphatic carbocycles. The second-order valence-electron chi connectivity index (χ2n) is 25.2. The number of carbonyl (C=O) groups is 1. The van der Waals surface area contributed by atoms with Gasteiger partial charge in [0.1, 0.15) is 104 Å². The minimum Gasteiger partial charge on any atom is -0.390 e. The molecule has 7 unspecified atom stereocenters. The van der Waals surface area contributed by atoms with E-state index in [-0.39, 0.29) is 12.8 Å². The topological polar surface area (TPSA) is 483 Å². The Morgan fingerprint density at radius 3 is 1.14 bits per heavy atom. The molecule has 0 aromatic carbocycles. The van der Waals surface area contributed by atoms with Crippen molar-refractivity contribution in [1.82, 2.24) is 5.32 Å². The van der Waals surface area contributed by atoms with Gasteiger partial charge in [-0.3, -0.25) is 22.9 Å². The van der Waals surface area contributed by atoms with Crippen LogP contribution in [0.25, 0.3) is 0 Å². The number of hydrogen-bond donors (Lipinski definition) is 19. The Bertz CT molecular complexity index is 1960. The van der Waals surface area contributed by atoms with E-state index < -0.39 is 169 Å². The zero-order valence-corrected chi connectivity index (χ0v) is 54.9. The highest BCUT2D eigenvalue weighted by molar-refractivity contribution is 7.47. The van der Waals surface area contributed by atoms with Crippen molar-refractivity contribution >= 4 is 21.6 Å². The van der Waals surface area contributed by atoms with Crippen LogP contribution in [0.3, 0.4) is 0 Å². The Morgan fingerprint density at radius 2 is 0.733 bits per heavy atom. The number of carbonyl (C=O) groups excluding carboxylic acids is 1. The number of aliphatic hydroxyl groups excluding tert-OH is 16. The summed E-state index contributed by atoms with van der Waals surface area (Å²) in [6, 6.07) is -1.81. The van der Waals surface area contributed by atoms with Gasteiger partial charge in [-0.25, -0.2) is 9.13 Å². The van der Waals surface area contributed by atoms with Crippen LogP contribution in [0.5, 0.6) is 0 Å². The van der Waals surface area contributed by atoms with Crippen LogP contribution in [0, 0.1) is 0 Å². The Labute approximate surface area is 531 Å². The average molecular weight is 1350 g/mol. The van der Waals surface area contributed by atoms with Crippen molar-refractivity contribution in [2.24, 2.45) is 0 Å². The lowest BCUT2D eigenvalue weighted by atomic mass is 9.84. The minimum absolute atomic E-state index is 0.00830. The van der Waals surface area contributed by atoms with Gasteiger partial charge in [0.05, 0.1) is 31.5 Å². The van der Waals surface area contributed by atoms with Crippen LogP contribution in [-0.2, 0) is 41.5 Å². The average Bonchev–Trinajstić information content (AvgIpc) is 0.807. The highest BCUT2D eigenvalue weighted by Gasteiger charge is 2.56. The molecule has 30 heteroatoms. The van der Waals surface area contributed by atoms with Gasteiger partial charge in [-0.15, -0.1) is 0 Å². The van der Waals surface area contributed by atoms with Crippen LogP contribution in [0.1, 0.15) is 226 Å². The molecule has 1 amide bonds. The van der Waals surface area contributed by atoms with Crippen molar-refractivity contribution < 1.29 is 133 Å². The van der Waals surface area contributed by atoms with E-state index in [1.165, 1.54) is 116 Å². The lowest BCUT2D eigenvalue weighted by Crippen LogP contribution is -2.67. The van der Waals surface area contributed by atoms with E-state index in [4.69, 9.17) is 27.6 Å². The molecule has 1 saturated heterocycles. The van der Waals surface area contributed by atoms with E-state index >= 15 is 0 Å². The maximum Gasteiger partial charge on any atom is 0.472 e. The van der Waals surface area contributed by atoms with Crippen molar-refractivity contribution in [3.05, 3.63) is 0 Å². The summed E-state index contributed by atoms with van der Waals surface area (Å²) < 4.78 is 57.7. The number of ether oxygens (including phenoxy) is 2. The number of nitrogens with one attached hydrogen (secondary N) is 1. The molecular formula is C60H117NO27P2. The molecule has 3 fully saturated rings. The Morgan fingerprint density at radius 1 is 0.411 bits per heavy atom. The summed E-state index contributed by atoms with van der Waals surface area (Å²) in [4.78, 5) is 35.1. The Hall–Kier alpha value is -1.03. The summed E-state index contributed by atoms with van der Waals surface area (Å²) in [6.07, 6.45) is -11.8. The standard InChI is InChI=1S/C60H117NO27P2/c1-3-5-7-9-11-13-15-17-18-19-20-21-22-23-25-27-29-31-33-35-40(63)43(65)59(78)61-38(42(64)39(62)34-32-30-28-26-24-16-14-12-10-8-6-4-2)36-83-89(79,80)88-58-54(76)50(72)49(71)53(75)57(58)86-60-55(77)45(67)44(66)41(85-60)37-84-90(81,82)87-56-51(73)47(69)46(68)48(70)52(56)74/h38-58,60,62-77H,3-37H2,1-2H3,(H,61,78)(H,79,80)(H,81,82)/t38-,39?,40?,41+,42-,43?,44+,45-,46?,47-,48+,49+,50+,51+,52+,53-,54+,55-,56?,57+,58+,60-/m0/s1. The molecule has 534 valence electrons. The van der Waals surface area contributed by atoms with Gasteiger partial charge in [-0.05, 0) is 12.8 Å². The number of unbranched alkanes of at least 4 members (excludes halogenated alkanes) is 29. The number of hydrogen-bond acceptors (Lipinski definition) is 25. The molecular weight excluding hydrogens is 1230 g/mol. The van der Waals surface area contributed by atoms with E-state index in [0.717, 1.165) is 64.2 Å². The second-order valence-corrected chi connectivity index (χ2v) is 28.0. The summed E-state index contributed by atoms with van der Waals surface area (Å²) in [6.45, 7) is 1.94. The molecule has 3 aliphatic rings. The summed E-state index contributed by atoms with van der Waals surface area (Å²) in [5.74, 6) is -1.24. The highest BCUT2D eigenvalue weighted by atomic mass is 31.2. The van der Waals surface area contributed by atoms with Gasteiger partial charge in [0.25, 0.3) is 5.91 Å².